The molecule has 0 radical (unpaired) electrons. The summed E-state index contributed by atoms with van der Waals surface area (Å²) < 4.78 is 10.8. The van der Waals surface area contributed by atoms with Gasteiger partial charge in [-0.15, -0.1) is 0 Å². The van der Waals surface area contributed by atoms with Crippen molar-refractivity contribution in [3.63, 3.8) is 0 Å². The summed E-state index contributed by atoms with van der Waals surface area (Å²) >= 11 is 0. The summed E-state index contributed by atoms with van der Waals surface area (Å²) in [6.45, 7) is 7.84. The van der Waals surface area contributed by atoms with E-state index in [1.54, 1.807) is 38.1 Å². The number of carbonyl (C=O) groups is 2. The maximum Gasteiger partial charge on any atom is 0.338 e. The minimum absolute atomic E-state index is 0.113. The van der Waals surface area contributed by atoms with E-state index in [9.17, 15) is 9.59 Å². The summed E-state index contributed by atoms with van der Waals surface area (Å²) in [7, 11) is 0. The number of benzene rings is 3. The largest absolute Gasteiger partial charge is 0.484 e. The Balaban J connectivity index is 1.53. The van der Waals surface area contributed by atoms with E-state index >= 15 is 0 Å². The van der Waals surface area contributed by atoms with Crippen LogP contribution in [0.1, 0.15) is 49.2 Å². The van der Waals surface area contributed by atoms with Gasteiger partial charge in [0.15, 0.2) is 6.61 Å². The molecular weight excluding hydrogens is 402 g/mol. The van der Waals surface area contributed by atoms with Gasteiger partial charge in [0.1, 0.15) is 5.75 Å². The second-order valence-corrected chi connectivity index (χ2v) is 8.38. The predicted octanol–water partition coefficient (Wildman–Crippen LogP) is 5.60. The van der Waals surface area contributed by atoms with Gasteiger partial charge < -0.3 is 14.8 Å². The van der Waals surface area contributed by atoms with E-state index in [2.05, 4.69) is 31.3 Å². The SMILES string of the molecule is CC(C)OC(=O)c1ccc(NC(=O)COc2ccc(C(C)(C)c3ccccc3)cc2)cc1. The minimum Gasteiger partial charge on any atom is -0.484 e. The first-order valence-corrected chi connectivity index (χ1v) is 10.7. The van der Waals surface area contributed by atoms with Crippen molar-refractivity contribution in [1.29, 1.82) is 0 Å². The Labute approximate surface area is 189 Å². The van der Waals surface area contributed by atoms with Gasteiger partial charge in [-0.1, -0.05) is 56.3 Å². The first-order valence-electron chi connectivity index (χ1n) is 10.7. The zero-order valence-corrected chi connectivity index (χ0v) is 18.9. The van der Waals surface area contributed by atoms with E-state index in [1.807, 2.05) is 42.5 Å². The summed E-state index contributed by atoms with van der Waals surface area (Å²) in [5.41, 5.74) is 3.28. The van der Waals surface area contributed by atoms with Crippen molar-refractivity contribution in [2.24, 2.45) is 0 Å². The fraction of sp³-hybridized carbons (Fsp3) is 0.259. The Morgan fingerprint density at radius 2 is 1.44 bits per heavy atom. The lowest BCUT2D eigenvalue weighted by Gasteiger charge is -2.26. The lowest BCUT2D eigenvalue weighted by Crippen LogP contribution is -2.21. The molecule has 0 bridgehead atoms. The highest BCUT2D eigenvalue weighted by Gasteiger charge is 2.22. The summed E-state index contributed by atoms with van der Waals surface area (Å²) in [5.74, 6) is -0.0455. The van der Waals surface area contributed by atoms with Gasteiger partial charge in [0, 0.05) is 11.1 Å². The Morgan fingerprint density at radius 3 is 2.03 bits per heavy atom. The quantitative estimate of drug-likeness (QED) is 0.472. The average Bonchev–Trinajstić information content (AvgIpc) is 2.78. The molecule has 0 aromatic heterocycles. The Morgan fingerprint density at radius 1 is 0.844 bits per heavy atom. The molecule has 1 N–H and O–H groups in total. The Bertz CT molecular complexity index is 1040. The number of amides is 1. The molecular formula is C27H29NO4. The number of anilines is 1. The van der Waals surface area contributed by atoms with E-state index in [0.717, 1.165) is 5.56 Å². The zero-order valence-electron chi connectivity index (χ0n) is 18.9. The van der Waals surface area contributed by atoms with Crippen LogP contribution in [-0.2, 0) is 14.9 Å². The van der Waals surface area contributed by atoms with Crippen LogP contribution in [0.5, 0.6) is 5.75 Å². The maximum absolute atomic E-state index is 12.2. The Kier molecular flexibility index (Phi) is 7.31. The van der Waals surface area contributed by atoms with Gasteiger partial charge in [0.25, 0.3) is 5.91 Å². The third kappa shape index (κ3) is 5.97. The molecule has 0 unspecified atom stereocenters. The summed E-state index contributed by atoms with van der Waals surface area (Å²) in [4.78, 5) is 24.1. The molecule has 1 amide bonds. The Hall–Kier alpha value is -3.60. The van der Waals surface area contributed by atoms with Gasteiger partial charge in [-0.2, -0.15) is 0 Å². The molecule has 5 nitrogen and oxygen atoms in total. The molecule has 0 aliphatic rings. The molecule has 3 aromatic carbocycles. The van der Waals surface area contributed by atoms with Crippen LogP contribution in [0, 0.1) is 0 Å². The van der Waals surface area contributed by atoms with Crippen molar-refractivity contribution in [2.45, 2.75) is 39.2 Å². The first-order chi connectivity index (χ1) is 15.3. The lowest BCUT2D eigenvalue weighted by atomic mass is 9.78. The highest BCUT2D eigenvalue weighted by molar-refractivity contribution is 5.93. The van der Waals surface area contributed by atoms with Crippen LogP contribution in [0.15, 0.2) is 78.9 Å². The lowest BCUT2D eigenvalue weighted by molar-refractivity contribution is -0.118. The number of hydrogen-bond acceptors (Lipinski definition) is 4. The molecule has 0 aliphatic carbocycles. The smallest absolute Gasteiger partial charge is 0.338 e. The number of rotatable bonds is 8. The van der Waals surface area contributed by atoms with Crippen LogP contribution in [0.4, 0.5) is 5.69 Å². The van der Waals surface area contributed by atoms with Crippen LogP contribution in [0.2, 0.25) is 0 Å². The topological polar surface area (TPSA) is 64.6 Å². The molecule has 0 saturated carbocycles. The third-order valence-electron chi connectivity index (χ3n) is 5.19. The van der Waals surface area contributed by atoms with E-state index < -0.39 is 0 Å². The fourth-order valence-corrected chi connectivity index (χ4v) is 3.31. The summed E-state index contributed by atoms with van der Waals surface area (Å²) in [6, 6.07) is 24.7. The summed E-state index contributed by atoms with van der Waals surface area (Å²) in [6.07, 6.45) is -0.183. The first kappa shape index (κ1) is 23.1. The van der Waals surface area contributed by atoms with E-state index in [4.69, 9.17) is 9.47 Å². The molecule has 32 heavy (non-hydrogen) atoms. The minimum atomic E-state index is -0.389. The number of esters is 1. The third-order valence-corrected chi connectivity index (χ3v) is 5.19. The highest BCUT2D eigenvalue weighted by atomic mass is 16.5. The average molecular weight is 432 g/mol. The summed E-state index contributed by atoms with van der Waals surface area (Å²) in [5, 5.41) is 2.76. The van der Waals surface area contributed by atoms with Gasteiger partial charge >= 0.3 is 5.97 Å². The monoisotopic (exact) mass is 431 g/mol. The number of nitrogens with one attached hydrogen (secondary N) is 1. The van der Waals surface area contributed by atoms with Crippen molar-refractivity contribution >= 4 is 17.6 Å². The van der Waals surface area contributed by atoms with Crippen molar-refractivity contribution in [3.05, 3.63) is 95.6 Å². The molecule has 0 heterocycles. The van der Waals surface area contributed by atoms with E-state index in [0.29, 0.717) is 17.0 Å². The standard InChI is InChI=1S/C27H29NO4/c1-19(2)32-26(30)20-10-14-23(15-11-20)28-25(29)18-31-24-16-12-22(13-17-24)27(3,4)21-8-6-5-7-9-21/h5-17,19H,18H2,1-4H3,(H,28,29). The second kappa shape index (κ2) is 10.1. The van der Waals surface area contributed by atoms with E-state index in [1.165, 1.54) is 5.56 Å². The number of ether oxygens (including phenoxy) is 2. The second-order valence-electron chi connectivity index (χ2n) is 8.38. The molecule has 0 aliphatic heterocycles. The van der Waals surface area contributed by atoms with Gasteiger partial charge in [-0.05, 0) is 61.4 Å². The molecule has 166 valence electrons. The van der Waals surface area contributed by atoms with E-state index in [-0.39, 0.29) is 30.0 Å². The zero-order chi connectivity index (χ0) is 23.1. The van der Waals surface area contributed by atoms with Crippen LogP contribution < -0.4 is 10.1 Å². The maximum atomic E-state index is 12.2. The molecule has 5 heteroatoms. The highest BCUT2D eigenvalue weighted by Crippen LogP contribution is 2.32. The molecule has 0 atom stereocenters. The van der Waals surface area contributed by atoms with Crippen molar-refractivity contribution in [1.82, 2.24) is 0 Å². The van der Waals surface area contributed by atoms with Gasteiger partial charge in [-0.25, -0.2) is 4.79 Å². The molecule has 0 saturated heterocycles. The van der Waals surface area contributed by atoms with Gasteiger partial charge in [0.05, 0.1) is 11.7 Å². The van der Waals surface area contributed by atoms with Gasteiger partial charge in [-0.3, -0.25) is 4.79 Å². The molecule has 3 rings (SSSR count). The molecule has 3 aromatic rings. The van der Waals surface area contributed by atoms with Crippen molar-refractivity contribution in [3.8, 4) is 5.75 Å². The van der Waals surface area contributed by atoms with Gasteiger partial charge in [0.2, 0.25) is 0 Å². The number of hydrogen-bond donors (Lipinski definition) is 1. The molecule has 0 spiro atoms. The van der Waals surface area contributed by atoms with Crippen molar-refractivity contribution < 1.29 is 19.1 Å². The van der Waals surface area contributed by atoms with Crippen LogP contribution >= 0.6 is 0 Å². The van der Waals surface area contributed by atoms with Crippen LogP contribution in [0.25, 0.3) is 0 Å². The van der Waals surface area contributed by atoms with Crippen LogP contribution in [-0.4, -0.2) is 24.6 Å². The van der Waals surface area contributed by atoms with Crippen LogP contribution in [0.3, 0.4) is 0 Å². The van der Waals surface area contributed by atoms with Crippen molar-refractivity contribution in [2.75, 3.05) is 11.9 Å². The number of carbonyl (C=O) groups excluding carboxylic acids is 2. The fourth-order valence-electron chi connectivity index (χ4n) is 3.31. The molecule has 0 fully saturated rings. The predicted molar refractivity (Wildman–Crippen MR) is 126 cm³/mol. The normalized spacial score (nSPS) is 11.2.